The van der Waals surface area contributed by atoms with Gasteiger partial charge in [0.2, 0.25) is 5.78 Å². The summed E-state index contributed by atoms with van der Waals surface area (Å²) in [5, 5.41) is 0. The molecule has 0 aromatic rings. The molecule has 1 fully saturated rings. The molecule has 0 N–H and O–H groups in total. The lowest BCUT2D eigenvalue weighted by molar-refractivity contribution is -0.154. The largest absolute Gasteiger partial charge is 0.468 e. The Hall–Kier alpha value is -1.19. The van der Waals surface area contributed by atoms with Gasteiger partial charge in [-0.05, 0) is 12.8 Å². The van der Waals surface area contributed by atoms with Crippen LogP contribution in [0, 0.1) is 5.92 Å². The molecule has 0 aromatic heterocycles. The number of ether oxygens (including phenoxy) is 1. The Labute approximate surface area is 69.9 Å². The minimum absolute atomic E-state index is 0.270. The van der Waals surface area contributed by atoms with Crippen LogP contribution in [0.2, 0.25) is 0 Å². The fourth-order valence-corrected chi connectivity index (χ4v) is 1.28. The number of Topliss-reactive ketones (excluding diaryl/α,β-unsaturated/α-hetero) is 2. The summed E-state index contributed by atoms with van der Waals surface area (Å²) < 4.78 is 4.40. The third-order valence-corrected chi connectivity index (χ3v) is 1.97. The lowest BCUT2D eigenvalue weighted by Crippen LogP contribution is -2.34. The molecule has 1 rings (SSSR count). The van der Waals surface area contributed by atoms with Crippen molar-refractivity contribution in [2.24, 2.45) is 5.92 Å². The highest BCUT2D eigenvalue weighted by atomic mass is 16.5. The van der Waals surface area contributed by atoms with E-state index < -0.39 is 23.5 Å². The molecule has 12 heavy (non-hydrogen) atoms. The van der Waals surface area contributed by atoms with Crippen LogP contribution >= 0.6 is 0 Å². The van der Waals surface area contributed by atoms with Crippen molar-refractivity contribution in [3.8, 4) is 0 Å². The average Bonchev–Trinajstić information content (AvgIpc) is 2.08. The van der Waals surface area contributed by atoms with E-state index in [0.29, 0.717) is 12.8 Å². The van der Waals surface area contributed by atoms with Crippen molar-refractivity contribution in [2.45, 2.75) is 19.3 Å². The Kier molecular flexibility index (Phi) is 2.58. The van der Waals surface area contributed by atoms with Crippen molar-refractivity contribution >= 4 is 17.5 Å². The van der Waals surface area contributed by atoms with Gasteiger partial charge in [-0.25, -0.2) is 0 Å². The van der Waals surface area contributed by atoms with Crippen LogP contribution in [0.15, 0.2) is 0 Å². The molecule has 1 saturated carbocycles. The summed E-state index contributed by atoms with van der Waals surface area (Å²) in [5.74, 6) is -2.46. The van der Waals surface area contributed by atoms with Crippen LogP contribution in [0.4, 0.5) is 0 Å². The average molecular weight is 170 g/mol. The predicted molar refractivity (Wildman–Crippen MR) is 39.4 cm³/mol. The van der Waals surface area contributed by atoms with Crippen LogP contribution in [0.5, 0.6) is 0 Å². The smallest absolute Gasteiger partial charge is 0.316 e. The molecule has 0 bridgehead atoms. The van der Waals surface area contributed by atoms with E-state index in [-0.39, 0.29) is 6.42 Å². The van der Waals surface area contributed by atoms with E-state index in [1.807, 2.05) is 0 Å². The minimum Gasteiger partial charge on any atom is -0.468 e. The van der Waals surface area contributed by atoms with Gasteiger partial charge < -0.3 is 4.74 Å². The first-order chi connectivity index (χ1) is 5.66. The normalized spacial score (nSPS) is 23.9. The molecule has 0 aliphatic heterocycles. The van der Waals surface area contributed by atoms with Crippen molar-refractivity contribution in [1.82, 2.24) is 0 Å². The molecule has 4 nitrogen and oxygen atoms in total. The second-order valence-electron chi connectivity index (χ2n) is 2.76. The molecule has 4 heteroatoms. The maximum Gasteiger partial charge on any atom is 0.316 e. The van der Waals surface area contributed by atoms with E-state index in [1.54, 1.807) is 0 Å². The summed E-state index contributed by atoms with van der Waals surface area (Å²) in [7, 11) is 1.22. The van der Waals surface area contributed by atoms with E-state index >= 15 is 0 Å². The Morgan fingerprint density at radius 3 is 2.75 bits per heavy atom. The SMILES string of the molecule is COC(=O)C1CCCC(=O)C1=O. The Morgan fingerprint density at radius 1 is 1.50 bits per heavy atom. The first kappa shape index (κ1) is 8.90. The lowest BCUT2D eigenvalue weighted by Gasteiger charge is -2.16. The molecular formula is C8H10O4. The van der Waals surface area contributed by atoms with Crippen LogP contribution < -0.4 is 0 Å². The Balaban J connectivity index is 2.70. The van der Waals surface area contributed by atoms with Crippen LogP contribution in [-0.2, 0) is 19.1 Å². The van der Waals surface area contributed by atoms with Gasteiger partial charge in [0.15, 0.2) is 5.78 Å². The Bertz CT molecular complexity index is 231. The molecule has 1 unspecified atom stereocenters. The molecule has 0 radical (unpaired) electrons. The summed E-state index contributed by atoms with van der Waals surface area (Å²) in [5.41, 5.74) is 0. The monoisotopic (exact) mass is 170 g/mol. The first-order valence-corrected chi connectivity index (χ1v) is 3.81. The number of ketones is 2. The van der Waals surface area contributed by atoms with E-state index in [1.165, 1.54) is 7.11 Å². The first-order valence-electron chi connectivity index (χ1n) is 3.81. The van der Waals surface area contributed by atoms with Gasteiger partial charge in [0.25, 0.3) is 0 Å². The van der Waals surface area contributed by atoms with Gasteiger partial charge in [0, 0.05) is 6.42 Å². The Morgan fingerprint density at radius 2 is 2.17 bits per heavy atom. The van der Waals surface area contributed by atoms with Gasteiger partial charge in [0.1, 0.15) is 5.92 Å². The highest BCUT2D eigenvalue weighted by Crippen LogP contribution is 2.19. The van der Waals surface area contributed by atoms with Gasteiger partial charge in [-0.3, -0.25) is 14.4 Å². The number of esters is 1. The second-order valence-corrected chi connectivity index (χ2v) is 2.76. The summed E-state index contributed by atoms with van der Waals surface area (Å²) in [6.45, 7) is 0. The van der Waals surface area contributed by atoms with Crippen molar-refractivity contribution in [3.05, 3.63) is 0 Å². The molecule has 0 heterocycles. The van der Waals surface area contributed by atoms with Gasteiger partial charge in [-0.1, -0.05) is 0 Å². The second kappa shape index (κ2) is 3.47. The molecule has 1 atom stereocenters. The topological polar surface area (TPSA) is 60.4 Å². The summed E-state index contributed by atoms with van der Waals surface area (Å²) >= 11 is 0. The molecule has 0 amide bonds. The fraction of sp³-hybridized carbons (Fsp3) is 0.625. The van der Waals surface area contributed by atoms with Crippen LogP contribution in [0.1, 0.15) is 19.3 Å². The zero-order chi connectivity index (χ0) is 9.14. The zero-order valence-electron chi connectivity index (χ0n) is 6.83. The third-order valence-electron chi connectivity index (χ3n) is 1.97. The standard InChI is InChI=1S/C8H10O4/c1-12-8(11)5-3-2-4-6(9)7(5)10/h5H,2-4H2,1H3. The number of methoxy groups -OCH3 is 1. The van der Waals surface area contributed by atoms with Crippen molar-refractivity contribution in [3.63, 3.8) is 0 Å². The summed E-state index contributed by atoms with van der Waals surface area (Å²) in [4.78, 5) is 32.9. The van der Waals surface area contributed by atoms with E-state index in [9.17, 15) is 14.4 Å². The van der Waals surface area contributed by atoms with E-state index in [2.05, 4.69) is 4.74 Å². The minimum atomic E-state index is -0.837. The zero-order valence-corrected chi connectivity index (χ0v) is 6.83. The molecule has 0 spiro atoms. The molecule has 0 saturated heterocycles. The molecule has 0 aromatic carbocycles. The van der Waals surface area contributed by atoms with Gasteiger partial charge >= 0.3 is 5.97 Å². The van der Waals surface area contributed by atoms with Gasteiger partial charge in [-0.2, -0.15) is 0 Å². The van der Waals surface area contributed by atoms with E-state index in [0.717, 1.165) is 0 Å². The van der Waals surface area contributed by atoms with Crippen molar-refractivity contribution in [1.29, 1.82) is 0 Å². The number of rotatable bonds is 1. The van der Waals surface area contributed by atoms with Crippen molar-refractivity contribution in [2.75, 3.05) is 7.11 Å². The van der Waals surface area contributed by atoms with Crippen LogP contribution in [0.25, 0.3) is 0 Å². The predicted octanol–water partition coefficient (Wildman–Crippen LogP) is 0.0977. The highest BCUT2D eigenvalue weighted by molar-refractivity contribution is 6.41. The lowest BCUT2D eigenvalue weighted by atomic mass is 9.87. The fourth-order valence-electron chi connectivity index (χ4n) is 1.28. The van der Waals surface area contributed by atoms with E-state index in [4.69, 9.17) is 0 Å². The summed E-state index contributed by atoms with van der Waals surface area (Å²) in [6.07, 6.45) is 1.31. The maximum atomic E-state index is 11.1. The van der Waals surface area contributed by atoms with Gasteiger partial charge in [-0.15, -0.1) is 0 Å². The number of hydrogen-bond acceptors (Lipinski definition) is 4. The van der Waals surface area contributed by atoms with Gasteiger partial charge in [0.05, 0.1) is 7.11 Å². The molecule has 1 aliphatic carbocycles. The van der Waals surface area contributed by atoms with Crippen LogP contribution in [-0.4, -0.2) is 24.6 Å². The molecular weight excluding hydrogens is 160 g/mol. The molecule has 1 aliphatic rings. The highest BCUT2D eigenvalue weighted by Gasteiger charge is 2.35. The van der Waals surface area contributed by atoms with Crippen molar-refractivity contribution < 1.29 is 19.1 Å². The number of hydrogen-bond donors (Lipinski definition) is 0. The molecule has 66 valence electrons. The number of carbonyl (C=O) groups is 3. The summed E-state index contributed by atoms with van der Waals surface area (Å²) in [6, 6.07) is 0. The number of carbonyl (C=O) groups excluding carboxylic acids is 3. The maximum absolute atomic E-state index is 11.1. The van der Waals surface area contributed by atoms with Crippen LogP contribution in [0.3, 0.4) is 0 Å². The third kappa shape index (κ3) is 1.52. The quantitative estimate of drug-likeness (QED) is 0.318.